The second-order valence-electron chi connectivity index (χ2n) is 6.01. The zero-order valence-corrected chi connectivity index (χ0v) is 15.8. The van der Waals surface area contributed by atoms with Crippen molar-refractivity contribution in [3.05, 3.63) is 41.5 Å². The Hall–Kier alpha value is -2.72. The SMILES string of the molecule is NC(=O)c1ccsc1NC(=O)CSc1nnc(-c2cccnc2)n1C1CC1. The van der Waals surface area contributed by atoms with Gasteiger partial charge >= 0.3 is 0 Å². The number of amides is 2. The van der Waals surface area contributed by atoms with Crippen LogP contribution < -0.4 is 11.1 Å². The van der Waals surface area contributed by atoms with Crippen molar-refractivity contribution in [1.29, 1.82) is 0 Å². The van der Waals surface area contributed by atoms with E-state index in [2.05, 4.69) is 25.1 Å². The number of thioether (sulfide) groups is 1. The molecule has 0 aromatic carbocycles. The minimum Gasteiger partial charge on any atom is -0.366 e. The van der Waals surface area contributed by atoms with Crippen LogP contribution in [0.3, 0.4) is 0 Å². The van der Waals surface area contributed by atoms with E-state index in [0.717, 1.165) is 24.2 Å². The average Bonchev–Trinajstić information content (AvgIpc) is 3.24. The van der Waals surface area contributed by atoms with Gasteiger partial charge in [-0.1, -0.05) is 11.8 Å². The molecule has 0 unspecified atom stereocenters. The van der Waals surface area contributed by atoms with Crippen LogP contribution in [0.5, 0.6) is 0 Å². The maximum atomic E-state index is 12.3. The number of primary amides is 1. The van der Waals surface area contributed by atoms with Gasteiger partial charge in [0.25, 0.3) is 5.91 Å². The number of aromatic nitrogens is 4. The largest absolute Gasteiger partial charge is 0.366 e. The van der Waals surface area contributed by atoms with Crippen LogP contribution in [0.1, 0.15) is 29.2 Å². The first kappa shape index (κ1) is 17.7. The Bertz CT molecular complexity index is 980. The fourth-order valence-corrected chi connectivity index (χ4v) is 4.24. The highest BCUT2D eigenvalue weighted by Gasteiger charge is 2.30. The number of nitrogens with two attached hydrogens (primary N) is 1. The number of nitrogens with one attached hydrogen (secondary N) is 1. The normalized spacial score (nSPS) is 13.5. The van der Waals surface area contributed by atoms with Crippen molar-refractivity contribution in [3.63, 3.8) is 0 Å². The molecule has 2 amide bonds. The molecule has 3 heterocycles. The van der Waals surface area contributed by atoms with Crippen molar-refractivity contribution in [2.45, 2.75) is 24.0 Å². The summed E-state index contributed by atoms with van der Waals surface area (Å²) in [7, 11) is 0. The van der Waals surface area contributed by atoms with E-state index in [1.54, 1.807) is 23.8 Å². The second kappa shape index (κ2) is 7.49. The summed E-state index contributed by atoms with van der Waals surface area (Å²) in [4.78, 5) is 27.8. The van der Waals surface area contributed by atoms with E-state index in [1.165, 1.54) is 23.1 Å². The first-order chi connectivity index (χ1) is 13.1. The van der Waals surface area contributed by atoms with Gasteiger partial charge in [0, 0.05) is 24.0 Å². The van der Waals surface area contributed by atoms with Gasteiger partial charge in [-0.15, -0.1) is 21.5 Å². The number of carbonyl (C=O) groups excluding carboxylic acids is 2. The van der Waals surface area contributed by atoms with Gasteiger partial charge in [0.15, 0.2) is 11.0 Å². The highest BCUT2D eigenvalue weighted by atomic mass is 32.2. The molecular formula is C17H16N6O2S2. The molecule has 27 heavy (non-hydrogen) atoms. The molecule has 0 aliphatic heterocycles. The third-order valence-electron chi connectivity index (χ3n) is 4.01. The van der Waals surface area contributed by atoms with Crippen molar-refractivity contribution >= 4 is 39.9 Å². The summed E-state index contributed by atoms with van der Waals surface area (Å²) in [5.74, 6) is 0.142. The van der Waals surface area contributed by atoms with E-state index in [0.29, 0.717) is 21.8 Å². The Labute approximate surface area is 163 Å². The van der Waals surface area contributed by atoms with Gasteiger partial charge in [0.1, 0.15) is 5.00 Å². The van der Waals surface area contributed by atoms with E-state index >= 15 is 0 Å². The van der Waals surface area contributed by atoms with Crippen molar-refractivity contribution in [3.8, 4) is 11.4 Å². The van der Waals surface area contributed by atoms with E-state index < -0.39 is 5.91 Å². The second-order valence-corrected chi connectivity index (χ2v) is 7.87. The van der Waals surface area contributed by atoms with Crippen LogP contribution >= 0.6 is 23.1 Å². The number of hydrogen-bond acceptors (Lipinski definition) is 7. The van der Waals surface area contributed by atoms with Crippen LogP contribution in [-0.4, -0.2) is 37.3 Å². The standard InChI is InChI=1S/C17H16N6O2S2/c18-14(25)12-5-7-26-16(12)20-13(24)9-27-17-22-21-15(23(17)11-3-4-11)10-2-1-6-19-8-10/h1-2,5-8,11H,3-4,9H2,(H2,18,25)(H,20,24). The predicted octanol–water partition coefficient (Wildman–Crippen LogP) is 2.57. The number of pyridine rings is 1. The topological polar surface area (TPSA) is 116 Å². The summed E-state index contributed by atoms with van der Waals surface area (Å²) in [5, 5.41) is 14.2. The summed E-state index contributed by atoms with van der Waals surface area (Å²) < 4.78 is 2.08. The smallest absolute Gasteiger partial charge is 0.251 e. The zero-order valence-electron chi connectivity index (χ0n) is 14.2. The van der Waals surface area contributed by atoms with Crippen molar-refractivity contribution in [2.24, 2.45) is 5.73 Å². The van der Waals surface area contributed by atoms with Gasteiger partial charge < -0.3 is 11.1 Å². The van der Waals surface area contributed by atoms with Crippen LogP contribution in [0.25, 0.3) is 11.4 Å². The lowest BCUT2D eigenvalue weighted by molar-refractivity contribution is -0.113. The molecule has 3 aromatic heterocycles. The van der Waals surface area contributed by atoms with Gasteiger partial charge in [-0.2, -0.15) is 0 Å². The Morgan fingerprint density at radius 3 is 2.89 bits per heavy atom. The molecule has 1 aliphatic carbocycles. The molecule has 138 valence electrons. The fraction of sp³-hybridized carbons (Fsp3) is 0.235. The number of nitrogens with zero attached hydrogens (tertiary/aromatic N) is 4. The number of rotatable bonds is 7. The molecule has 0 atom stereocenters. The van der Waals surface area contributed by atoms with Crippen molar-refractivity contribution in [1.82, 2.24) is 19.7 Å². The van der Waals surface area contributed by atoms with Gasteiger partial charge in [-0.3, -0.25) is 19.1 Å². The van der Waals surface area contributed by atoms with E-state index in [4.69, 9.17) is 5.73 Å². The molecule has 1 fully saturated rings. The van der Waals surface area contributed by atoms with E-state index in [1.807, 2.05) is 12.1 Å². The summed E-state index contributed by atoms with van der Waals surface area (Å²) in [6.07, 6.45) is 5.61. The molecule has 0 radical (unpaired) electrons. The Morgan fingerprint density at radius 1 is 1.33 bits per heavy atom. The van der Waals surface area contributed by atoms with Crippen molar-refractivity contribution < 1.29 is 9.59 Å². The molecule has 8 nitrogen and oxygen atoms in total. The van der Waals surface area contributed by atoms with E-state index in [9.17, 15) is 9.59 Å². The molecule has 3 aromatic rings. The molecule has 1 aliphatic rings. The number of hydrogen-bond donors (Lipinski definition) is 2. The van der Waals surface area contributed by atoms with Crippen molar-refractivity contribution in [2.75, 3.05) is 11.1 Å². The van der Waals surface area contributed by atoms with E-state index in [-0.39, 0.29) is 11.7 Å². The first-order valence-electron chi connectivity index (χ1n) is 8.28. The Balaban J connectivity index is 1.47. The lowest BCUT2D eigenvalue weighted by Crippen LogP contribution is -2.18. The number of thiophene rings is 1. The molecule has 0 bridgehead atoms. The first-order valence-corrected chi connectivity index (χ1v) is 10.1. The van der Waals surface area contributed by atoms with Gasteiger partial charge in [0.2, 0.25) is 5.91 Å². The summed E-state index contributed by atoms with van der Waals surface area (Å²) in [5.41, 5.74) is 6.52. The molecule has 10 heteroatoms. The highest BCUT2D eigenvalue weighted by molar-refractivity contribution is 7.99. The minimum atomic E-state index is -0.561. The minimum absolute atomic E-state index is 0.161. The van der Waals surface area contributed by atoms with Crippen LogP contribution in [-0.2, 0) is 4.79 Å². The average molecular weight is 400 g/mol. The predicted molar refractivity (Wildman–Crippen MR) is 104 cm³/mol. The maximum Gasteiger partial charge on any atom is 0.251 e. The van der Waals surface area contributed by atoms with Crippen LogP contribution in [0, 0.1) is 0 Å². The van der Waals surface area contributed by atoms with Crippen LogP contribution in [0.15, 0.2) is 41.1 Å². The Morgan fingerprint density at radius 2 is 2.19 bits per heavy atom. The fourth-order valence-electron chi connectivity index (χ4n) is 2.62. The molecule has 4 rings (SSSR count). The third kappa shape index (κ3) is 3.86. The van der Waals surface area contributed by atoms with Crippen LogP contribution in [0.2, 0.25) is 0 Å². The number of carbonyl (C=O) groups is 2. The quantitative estimate of drug-likeness (QED) is 0.589. The molecule has 3 N–H and O–H groups in total. The molecule has 0 saturated heterocycles. The number of anilines is 1. The summed E-state index contributed by atoms with van der Waals surface area (Å²) in [6.45, 7) is 0. The lowest BCUT2D eigenvalue weighted by Gasteiger charge is -2.08. The molecule has 1 saturated carbocycles. The summed E-state index contributed by atoms with van der Waals surface area (Å²) >= 11 is 2.59. The Kier molecular flexibility index (Phi) is 4.90. The maximum absolute atomic E-state index is 12.3. The van der Waals surface area contributed by atoms with Gasteiger partial charge in [0.05, 0.1) is 11.3 Å². The molecular weight excluding hydrogens is 384 g/mol. The highest BCUT2D eigenvalue weighted by Crippen LogP contribution is 2.40. The monoisotopic (exact) mass is 400 g/mol. The van der Waals surface area contributed by atoms with Gasteiger partial charge in [-0.25, -0.2) is 0 Å². The lowest BCUT2D eigenvalue weighted by atomic mass is 10.3. The van der Waals surface area contributed by atoms with Gasteiger partial charge in [-0.05, 0) is 36.4 Å². The molecule has 0 spiro atoms. The third-order valence-corrected chi connectivity index (χ3v) is 5.79. The summed E-state index contributed by atoms with van der Waals surface area (Å²) in [6, 6.07) is 5.76. The van der Waals surface area contributed by atoms with Crippen LogP contribution in [0.4, 0.5) is 5.00 Å². The zero-order chi connectivity index (χ0) is 18.8.